The lowest BCUT2D eigenvalue weighted by molar-refractivity contribution is 0.00763. The molecule has 2 unspecified atom stereocenters. The van der Waals surface area contributed by atoms with Gasteiger partial charge in [-0.2, -0.15) is 0 Å². The average Bonchev–Trinajstić information content (AvgIpc) is 2.28. The highest BCUT2D eigenvalue weighted by Crippen LogP contribution is 2.24. The van der Waals surface area contributed by atoms with Gasteiger partial charge in [-0.3, -0.25) is 4.79 Å². The molecule has 2 nitrogen and oxygen atoms in total. The van der Waals surface area contributed by atoms with Gasteiger partial charge in [0.05, 0.1) is 5.60 Å². The lowest BCUT2D eigenvalue weighted by Gasteiger charge is -2.27. The maximum absolute atomic E-state index is 12.0. The zero-order valence-corrected chi connectivity index (χ0v) is 9.53. The second-order valence-corrected chi connectivity index (χ2v) is 4.16. The van der Waals surface area contributed by atoms with Crippen LogP contribution in [-0.2, 0) is 0 Å². The molecule has 2 atom stereocenters. The number of benzene rings is 1. The van der Waals surface area contributed by atoms with E-state index in [-0.39, 0.29) is 11.7 Å². The van der Waals surface area contributed by atoms with E-state index in [1.807, 2.05) is 25.1 Å². The number of carbonyl (C=O) groups excluding carboxylic acids is 1. The molecule has 1 aromatic carbocycles. The van der Waals surface area contributed by atoms with Gasteiger partial charge in [0.25, 0.3) is 0 Å². The first-order valence-corrected chi connectivity index (χ1v) is 5.30. The lowest BCUT2D eigenvalue weighted by Crippen LogP contribution is -2.37. The number of hydrogen-bond acceptors (Lipinski definition) is 2. The van der Waals surface area contributed by atoms with Crippen molar-refractivity contribution in [2.24, 2.45) is 5.92 Å². The summed E-state index contributed by atoms with van der Waals surface area (Å²) in [4.78, 5) is 12.0. The Morgan fingerprint density at radius 1 is 1.40 bits per heavy atom. The molecule has 0 spiro atoms. The Labute approximate surface area is 90.9 Å². The van der Waals surface area contributed by atoms with Gasteiger partial charge in [-0.15, -0.1) is 0 Å². The smallest absolute Gasteiger partial charge is 0.168 e. The van der Waals surface area contributed by atoms with Crippen molar-refractivity contribution in [3.05, 3.63) is 35.9 Å². The van der Waals surface area contributed by atoms with Crippen molar-refractivity contribution in [2.75, 3.05) is 0 Å². The molecular formula is C13H18O2. The Bertz CT molecular complexity index is 328. The van der Waals surface area contributed by atoms with Crippen molar-refractivity contribution in [3.8, 4) is 0 Å². The van der Waals surface area contributed by atoms with E-state index < -0.39 is 5.60 Å². The largest absolute Gasteiger partial charge is 0.389 e. The van der Waals surface area contributed by atoms with Crippen LogP contribution in [0, 0.1) is 5.92 Å². The van der Waals surface area contributed by atoms with E-state index in [4.69, 9.17) is 0 Å². The van der Waals surface area contributed by atoms with Crippen LogP contribution >= 0.6 is 0 Å². The third-order valence-electron chi connectivity index (χ3n) is 3.10. The van der Waals surface area contributed by atoms with Crippen LogP contribution in [0.25, 0.3) is 0 Å². The topological polar surface area (TPSA) is 37.3 Å². The van der Waals surface area contributed by atoms with Crippen LogP contribution in [0.4, 0.5) is 0 Å². The SMILES string of the molecule is CCC(C)(O)C(C)C(=O)c1ccccc1. The van der Waals surface area contributed by atoms with Gasteiger partial charge in [0.2, 0.25) is 0 Å². The van der Waals surface area contributed by atoms with E-state index in [0.29, 0.717) is 12.0 Å². The van der Waals surface area contributed by atoms with Crippen molar-refractivity contribution in [1.29, 1.82) is 0 Å². The summed E-state index contributed by atoms with van der Waals surface area (Å²) in [7, 11) is 0. The quantitative estimate of drug-likeness (QED) is 0.769. The summed E-state index contributed by atoms with van der Waals surface area (Å²) in [6, 6.07) is 9.11. The fourth-order valence-electron chi connectivity index (χ4n) is 1.44. The predicted octanol–water partition coefficient (Wildman–Crippen LogP) is 2.67. The minimum atomic E-state index is -0.924. The molecule has 0 heterocycles. The maximum Gasteiger partial charge on any atom is 0.168 e. The monoisotopic (exact) mass is 206 g/mol. The van der Waals surface area contributed by atoms with Gasteiger partial charge in [-0.25, -0.2) is 0 Å². The second kappa shape index (κ2) is 4.58. The van der Waals surface area contributed by atoms with E-state index >= 15 is 0 Å². The average molecular weight is 206 g/mol. The van der Waals surface area contributed by atoms with Gasteiger partial charge >= 0.3 is 0 Å². The molecule has 1 N–H and O–H groups in total. The fraction of sp³-hybridized carbons (Fsp3) is 0.462. The number of hydrogen-bond donors (Lipinski definition) is 1. The van der Waals surface area contributed by atoms with E-state index in [2.05, 4.69) is 0 Å². The number of carbonyl (C=O) groups is 1. The van der Waals surface area contributed by atoms with Crippen LogP contribution in [0.2, 0.25) is 0 Å². The van der Waals surface area contributed by atoms with E-state index in [0.717, 1.165) is 0 Å². The zero-order valence-electron chi connectivity index (χ0n) is 9.53. The molecular weight excluding hydrogens is 188 g/mol. The summed E-state index contributed by atoms with van der Waals surface area (Å²) >= 11 is 0. The standard InChI is InChI=1S/C13H18O2/c1-4-13(3,15)10(2)12(14)11-8-6-5-7-9-11/h5-10,15H,4H2,1-3H3. The molecule has 15 heavy (non-hydrogen) atoms. The molecule has 0 aliphatic rings. The third kappa shape index (κ3) is 2.66. The maximum atomic E-state index is 12.0. The lowest BCUT2D eigenvalue weighted by atomic mass is 9.83. The van der Waals surface area contributed by atoms with Gasteiger partial charge < -0.3 is 5.11 Å². The fourth-order valence-corrected chi connectivity index (χ4v) is 1.44. The highest BCUT2D eigenvalue weighted by Gasteiger charge is 2.32. The van der Waals surface area contributed by atoms with Gasteiger partial charge in [0.15, 0.2) is 5.78 Å². The minimum absolute atomic E-state index is 0.00227. The van der Waals surface area contributed by atoms with Crippen LogP contribution in [0.1, 0.15) is 37.6 Å². The predicted molar refractivity (Wildman–Crippen MR) is 60.9 cm³/mol. The van der Waals surface area contributed by atoms with Crippen molar-refractivity contribution >= 4 is 5.78 Å². The Morgan fingerprint density at radius 3 is 2.40 bits per heavy atom. The van der Waals surface area contributed by atoms with Crippen molar-refractivity contribution in [1.82, 2.24) is 0 Å². The Kier molecular flexibility index (Phi) is 3.64. The zero-order chi connectivity index (χ0) is 11.5. The summed E-state index contributed by atoms with van der Waals surface area (Å²) in [5.41, 5.74) is -0.258. The van der Waals surface area contributed by atoms with Gasteiger partial charge in [0, 0.05) is 11.5 Å². The summed E-state index contributed by atoms with van der Waals surface area (Å²) in [6.07, 6.45) is 0.576. The molecule has 0 aliphatic carbocycles. The normalized spacial score (nSPS) is 16.8. The molecule has 0 aromatic heterocycles. The number of rotatable bonds is 4. The summed E-state index contributed by atoms with van der Waals surface area (Å²) in [6.45, 7) is 5.37. The summed E-state index contributed by atoms with van der Waals surface area (Å²) < 4.78 is 0. The number of aliphatic hydroxyl groups is 1. The first-order chi connectivity index (χ1) is 6.99. The van der Waals surface area contributed by atoms with Crippen LogP contribution in [0.5, 0.6) is 0 Å². The second-order valence-electron chi connectivity index (χ2n) is 4.16. The molecule has 0 saturated carbocycles. The number of Topliss-reactive ketones (excluding diaryl/α,β-unsaturated/α-hetero) is 1. The van der Waals surface area contributed by atoms with Gasteiger partial charge in [-0.1, -0.05) is 44.2 Å². The van der Waals surface area contributed by atoms with E-state index in [1.165, 1.54) is 0 Å². The molecule has 1 aromatic rings. The molecule has 1 rings (SSSR count). The van der Waals surface area contributed by atoms with Gasteiger partial charge in [-0.05, 0) is 13.3 Å². The van der Waals surface area contributed by atoms with Crippen LogP contribution in [0.15, 0.2) is 30.3 Å². The van der Waals surface area contributed by atoms with Crippen molar-refractivity contribution < 1.29 is 9.90 Å². The molecule has 0 saturated heterocycles. The minimum Gasteiger partial charge on any atom is -0.389 e. The Hall–Kier alpha value is -1.15. The molecule has 0 amide bonds. The molecule has 2 heteroatoms. The van der Waals surface area contributed by atoms with Crippen LogP contribution in [0.3, 0.4) is 0 Å². The molecule has 0 aliphatic heterocycles. The molecule has 0 fully saturated rings. The summed E-state index contributed by atoms with van der Waals surface area (Å²) in [5.74, 6) is -0.368. The molecule has 82 valence electrons. The van der Waals surface area contributed by atoms with Crippen molar-refractivity contribution in [3.63, 3.8) is 0 Å². The highest BCUT2D eigenvalue weighted by molar-refractivity contribution is 5.98. The molecule has 0 bridgehead atoms. The van der Waals surface area contributed by atoms with E-state index in [9.17, 15) is 9.90 Å². The van der Waals surface area contributed by atoms with Crippen molar-refractivity contribution in [2.45, 2.75) is 32.8 Å². The Balaban J connectivity index is 2.87. The first kappa shape index (κ1) is 11.9. The number of ketones is 1. The van der Waals surface area contributed by atoms with Crippen LogP contribution in [-0.4, -0.2) is 16.5 Å². The first-order valence-electron chi connectivity index (χ1n) is 5.30. The third-order valence-corrected chi connectivity index (χ3v) is 3.10. The van der Waals surface area contributed by atoms with E-state index in [1.54, 1.807) is 26.0 Å². The molecule has 0 radical (unpaired) electrons. The summed E-state index contributed by atoms with van der Waals surface area (Å²) in [5, 5.41) is 10.0. The van der Waals surface area contributed by atoms with Gasteiger partial charge in [0.1, 0.15) is 0 Å². The van der Waals surface area contributed by atoms with Crippen LogP contribution < -0.4 is 0 Å². The Morgan fingerprint density at radius 2 is 1.93 bits per heavy atom. The highest BCUT2D eigenvalue weighted by atomic mass is 16.3.